The number of halogens is 1. The maximum atomic E-state index is 13.7. The van der Waals surface area contributed by atoms with Crippen LogP contribution in [-0.2, 0) is 0 Å². The molecule has 0 aliphatic carbocycles. The van der Waals surface area contributed by atoms with Gasteiger partial charge >= 0.3 is 6.03 Å². The van der Waals surface area contributed by atoms with E-state index in [4.69, 9.17) is 10.2 Å². The van der Waals surface area contributed by atoms with Crippen molar-refractivity contribution in [2.75, 3.05) is 31.5 Å². The van der Waals surface area contributed by atoms with Crippen molar-refractivity contribution in [2.45, 2.75) is 38.1 Å². The average molecular weight is 388 g/mol. The quantitative estimate of drug-likeness (QED) is 0.845. The topological polar surface area (TPSA) is 91.8 Å². The molecule has 4 rings (SSSR count). The molecular formula is C20H25FN4O3. The molecule has 1 aromatic carbocycles. The fourth-order valence-electron chi connectivity index (χ4n) is 4.24. The lowest BCUT2D eigenvalue weighted by Crippen LogP contribution is -2.40. The van der Waals surface area contributed by atoms with Crippen molar-refractivity contribution in [1.82, 2.24) is 9.80 Å². The zero-order chi connectivity index (χ0) is 19.7. The second-order valence-electron chi connectivity index (χ2n) is 7.58. The lowest BCUT2D eigenvalue weighted by atomic mass is 10.2. The van der Waals surface area contributed by atoms with Crippen LogP contribution in [0.5, 0.6) is 0 Å². The van der Waals surface area contributed by atoms with E-state index in [0.29, 0.717) is 30.1 Å². The highest BCUT2D eigenvalue weighted by Crippen LogP contribution is 2.32. The summed E-state index contributed by atoms with van der Waals surface area (Å²) >= 11 is 0. The number of likely N-dealkylation sites (tertiary alicyclic amines) is 2. The summed E-state index contributed by atoms with van der Waals surface area (Å²) in [5.74, 6) is -1.46. The van der Waals surface area contributed by atoms with Crippen LogP contribution in [0.25, 0.3) is 11.0 Å². The number of anilines is 1. The number of rotatable bonds is 3. The number of nitrogens with zero attached hydrogens (tertiary/aromatic N) is 2. The van der Waals surface area contributed by atoms with Gasteiger partial charge in [-0.2, -0.15) is 0 Å². The van der Waals surface area contributed by atoms with Crippen LogP contribution in [0.15, 0.2) is 22.6 Å². The Morgan fingerprint density at radius 2 is 1.89 bits per heavy atom. The highest BCUT2D eigenvalue weighted by molar-refractivity contribution is 6.10. The highest BCUT2D eigenvalue weighted by atomic mass is 19.1. The maximum absolute atomic E-state index is 13.7. The first-order chi connectivity index (χ1) is 13.5. The largest absolute Gasteiger partial charge is 0.449 e. The van der Waals surface area contributed by atoms with E-state index in [2.05, 4.69) is 10.2 Å². The van der Waals surface area contributed by atoms with E-state index in [1.807, 2.05) is 0 Å². The zero-order valence-corrected chi connectivity index (χ0v) is 15.7. The van der Waals surface area contributed by atoms with Gasteiger partial charge in [-0.25, -0.2) is 9.18 Å². The van der Waals surface area contributed by atoms with Gasteiger partial charge in [-0.3, -0.25) is 9.69 Å². The first-order valence-corrected chi connectivity index (χ1v) is 9.85. The van der Waals surface area contributed by atoms with Gasteiger partial charge in [0.2, 0.25) is 5.76 Å². The minimum atomic E-state index is -0.809. The number of nitrogens with two attached hydrogens (primary N) is 1. The number of carbonyl (C=O) groups excluding carboxylic acids is 2. The molecule has 2 aliphatic rings. The van der Waals surface area contributed by atoms with Crippen LogP contribution in [0.4, 0.5) is 14.9 Å². The van der Waals surface area contributed by atoms with E-state index >= 15 is 0 Å². The Morgan fingerprint density at radius 1 is 1.14 bits per heavy atom. The van der Waals surface area contributed by atoms with Crippen LogP contribution >= 0.6 is 0 Å². The minimum absolute atomic E-state index is 0.130. The van der Waals surface area contributed by atoms with Crippen LogP contribution in [-0.4, -0.2) is 54.0 Å². The Morgan fingerprint density at radius 3 is 2.61 bits per heavy atom. The molecule has 3 amide bonds. The molecule has 0 saturated carbocycles. The monoisotopic (exact) mass is 388 g/mol. The van der Waals surface area contributed by atoms with E-state index < -0.39 is 11.7 Å². The predicted octanol–water partition coefficient (Wildman–Crippen LogP) is 3.15. The summed E-state index contributed by atoms with van der Waals surface area (Å²) in [6.07, 6.45) is 5.88. The summed E-state index contributed by atoms with van der Waals surface area (Å²) < 4.78 is 19.1. The van der Waals surface area contributed by atoms with Gasteiger partial charge in [-0.1, -0.05) is 12.8 Å². The number of amides is 3. The smallest absolute Gasteiger partial charge is 0.322 e. The Kier molecular flexibility index (Phi) is 5.21. The van der Waals surface area contributed by atoms with Crippen molar-refractivity contribution < 1.29 is 18.4 Å². The van der Waals surface area contributed by atoms with Crippen molar-refractivity contribution in [3.63, 3.8) is 0 Å². The summed E-state index contributed by atoms with van der Waals surface area (Å²) in [6.45, 7) is 3.44. The molecule has 2 aliphatic heterocycles. The highest BCUT2D eigenvalue weighted by Gasteiger charge is 2.32. The summed E-state index contributed by atoms with van der Waals surface area (Å²) in [4.78, 5) is 28.8. The minimum Gasteiger partial charge on any atom is -0.449 e. The average Bonchev–Trinajstić information content (AvgIpc) is 3.19. The van der Waals surface area contributed by atoms with Gasteiger partial charge in [0.25, 0.3) is 5.91 Å². The van der Waals surface area contributed by atoms with Gasteiger partial charge in [0.05, 0.1) is 0 Å². The number of hydrogen-bond donors (Lipinski definition) is 2. The second-order valence-corrected chi connectivity index (χ2v) is 7.58. The van der Waals surface area contributed by atoms with Crippen LogP contribution in [0, 0.1) is 5.82 Å². The van der Waals surface area contributed by atoms with Gasteiger partial charge in [-0.05, 0) is 50.6 Å². The van der Waals surface area contributed by atoms with Crippen molar-refractivity contribution in [3.05, 3.63) is 29.8 Å². The van der Waals surface area contributed by atoms with Gasteiger partial charge in [0.1, 0.15) is 17.1 Å². The van der Waals surface area contributed by atoms with E-state index in [1.54, 1.807) is 4.90 Å². The number of fused-ring (bicyclic) bond motifs is 1. The molecule has 2 fully saturated rings. The van der Waals surface area contributed by atoms with Crippen molar-refractivity contribution in [2.24, 2.45) is 5.73 Å². The Balaban J connectivity index is 1.50. The fourth-order valence-corrected chi connectivity index (χ4v) is 4.24. The standard InChI is InChI=1S/C20H25FN4O3/c21-13-5-6-16-15(11-13)17(18(28-16)19(22)26)23-20(27)25-10-7-14(12-25)24-8-3-1-2-4-9-24/h5-6,11,14H,1-4,7-10,12H2,(H2,22,26)(H,23,27)/t14-/m1/s1. The Labute approximate surface area is 162 Å². The Bertz CT molecular complexity index is 889. The maximum Gasteiger partial charge on any atom is 0.322 e. The molecule has 0 spiro atoms. The predicted molar refractivity (Wildman–Crippen MR) is 104 cm³/mol. The van der Waals surface area contributed by atoms with Gasteiger partial charge in [0.15, 0.2) is 0 Å². The van der Waals surface area contributed by atoms with Crippen LogP contribution in [0.1, 0.15) is 42.7 Å². The van der Waals surface area contributed by atoms with E-state index in [9.17, 15) is 14.0 Å². The third-order valence-corrected chi connectivity index (χ3v) is 5.71. The molecule has 28 heavy (non-hydrogen) atoms. The molecule has 1 aromatic heterocycles. The lowest BCUT2D eigenvalue weighted by molar-refractivity contribution is 0.0977. The number of nitrogens with one attached hydrogen (secondary N) is 1. The molecule has 0 bridgehead atoms. The van der Waals surface area contributed by atoms with Crippen LogP contribution in [0.2, 0.25) is 0 Å². The van der Waals surface area contributed by atoms with Crippen LogP contribution in [0.3, 0.4) is 0 Å². The summed E-state index contributed by atoms with van der Waals surface area (Å²) in [6, 6.07) is 3.90. The Hall–Kier alpha value is -2.61. The molecular weight excluding hydrogens is 363 g/mol. The summed E-state index contributed by atoms with van der Waals surface area (Å²) in [5.41, 5.74) is 5.81. The molecule has 2 saturated heterocycles. The number of hydrogen-bond acceptors (Lipinski definition) is 4. The molecule has 8 heteroatoms. The number of furan rings is 1. The zero-order valence-electron chi connectivity index (χ0n) is 15.7. The van der Waals surface area contributed by atoms with Gasteiger partial charge in [0, 0.05) is 24.5 Å². The molecule has 7 nitrogen and oxygen atoms in total. The molecule has 150 valence electrons. The molecule has 0 radical (unpaired) electrons. The van der Waals surface area contributed by atoms with E-state index in [1.165, 1.54) is 43.9 Å². The third-order valence-electron chi connectivity index (χ3n) is 5.71. The second kappa shape index (κ2) is 7.79. The summed E-state index contributed by atoms with van der Waals surface area (Å²) in [7, 11) is 0. The first-order valence-electron chi connectivity index (χ1n) is 9.85. The number of carbonyl (C=O) groups is 2. The lowest BCUT2D eigenvalue weighted by Gasteiger charge is -2.27. The van der Waals surface area contributed by atoms with Gasteiger partial charge in [-0.15, -0.1) is 0 Å². The third kappa shape index (κ3) is 3.69. The summed E-state index contributed by atoms with van der Waals surface area (Å²) in [5, 5.41) is 3.05. The molecule has 3 N–H and O–H groups in total. The normalized spacial score (nSPS) is 21.0. The number of urea groups is 1. The molecule has 3 heterocycles. The number of benzene rings is 1. The SMILES string of the molecule is NC(=O)c1oc2ccc(F)cc2c1NC(=O)N1CC[C@@H](N2CCCCCC2)C1. The van der Waals surface area contributed by atoms with Gasteiger partial charge < -0.3 is 20.4 Å². The molecule has 0 unspecified atom stereocenters. The van der Waals surface area contributed by atoms with Crippen LogP contribution < -0.4 is 11.1 Å². The van der Waals surface area contributed by atoms with E-state index in [-0.39, 0.29) is 17.5 Å². The van der Waals surface area contributed by atoms with Crippen molar-refractivity contribution in [3.8, 4) is 0 Å². The van der Waals surface area contributed by atoms with Crippen molar-refractivity contribution >= 4 is 28.6 Å². The molecule has 2 aromatic rings. The molecule has 1 atom stereocenters. The van der Waals surface area contributed by atoms with Crippen molar-refractivity contribution in [1.29, 1.82) is 0 Å². The first kappa shape index (κ1) is 18.7. The fraction of sp³-hybridized carbons (Fsp3) is 0.500. The number of primary amides is 1. The van der Waals surface area contributed by atoms with E-state index in [0.717, 1.165) is 19.5 Å².